The van der Waals surface area contributed by atoms with Crippen LogP contribution in [-0.2, 0) is 9.59 Å². The normalized spacial score (nSPS) is 10.8. The molecule has 102 valence electrons. The quantitative estimate of drug-likeness (QED) is 0.487. The highest BCUT2D eigenvalue weighted by Crippen LogP contribution is 2.08. The minimum atomic E-state index is -1.01. The SMILES string of the molecule is CC(C)NC(=O)C(=O)N/N=C\c1c(F)cccc1F. The van der Waals surface area contributed by atoms with E-state index in [1.54, 1.807) is 13.8 Å². The topological polar surface area (TPSA) is 70.6 Å². The molecule has 1 aromatic rings. The van der Waals surface area contributed by atoms with E-state index in [0.29, 0.717) is 0 Å². The Labute approximate surface area is 108 Å². The molecule has 0 unspecified atom stereocenters. The second kappa shape index (κ2) is 6.58. The first-order chi connectivity index (χ1) is 8.91. The molecule has 0 aromatic heterocycles. The number of amides is 2. The van der Waals surface area contributed by atoms with Gasteiger partial charge >= 0.3 is 11.8 Å². The maximum atomic E-state index is 13.2. The molecule has 5 nitrogen and oxygen atoms in total. The van der Waals surface area contributed by atoms with Crippen molar-refractivity contribution in [3.63, 3.8) is 0 Å². The molecule has 1 aromatic carbocycles. The molecule has 2 N–H and O–H groups in total. The maximum Gasteiger partial charge on any atom is 0.329 e. The van der Waals surface area contributed by atoms with Crippen molar-refractivity contribution in [2.75, 3.05) is 0 Å². The van der Waals surface area contributed by atoms with Gasteiger partial charge in [0, 0.05) is 6.04 Å². The highest BCUT2D eigenvalue weighted by Gasteiger charge is 2.13. The average Bonchev–Trinajstić information content (AvgIpc) is 2.31. The van der Waals surface area contributed by atoms with Gasteiger partial charge in [0.05, 0.1) is 11.8 Å². The van der Waals surface area contributed by atoms with Crippen LogP contribution in [0.2, 0.25) is 0 Å². The fraction of sp³-hybridized carbons (Fsp3) is 0.250. The summed E-state index contributed by atoms with van der Waals surface area (Å²) in [4.78, 5) is 22.4. The number of halogens is 2. The van der Waals surface area contributed by atoms with E-state index < -0.39 is 29.0 Å². The zero-order chi connectivity index (χ0) is 14.4. The van der Waals surface area contributed by atoms with Gasteiger partial charge in [-0.1, -0.05) is 6.07 Å². The van der Waals surface area contributed by atoms with Crippen LogP contribution in [0.25, 0.3) is 0 Å². The first-order valence-corrected chi connectivity index (χ1v) is 5.49. The molecule has 0 heterocycles. The molecule has 7 heteroatoms. The van der Waals surface area contributed by atoms with Crippen molar-refractivity contribution in [3.05, 3.63) is 35.4 Å². The Kier molecular flexibility index (Phi) is 5.11. The summed E-state index contributed by atoms with van der Waals surface area (Å²) < 4.78 is 26.4. The summed E-state index contributed by atoms with van der Waals surface area (Å²) in [6, 6.07) is 3.11. The summed E-state index contributed by atoms with van der Waals surface area (Å²) in [7, 11) is 0. The van der Waals surface area contributed by atoms with Gasteiger partial charge in [-0.25, -0.2) is 14.2 Å². The summed E-state index contributed by atoms with van der Waals surface area (Å²) >= 11 is 0. The van der Waals surface area contributed by atoms with Crippen LogP contribution in [0, 0.1) is 11.6 Å². The lowest BCUT2D eigenvalue weighted by molar-refractivity contribution is -0.139. The molecule has 0 radical (unpaired) electrons. The van der Waals surface area contributed by atoms with E-state index >= 15 is 0 Å². The molecule has 0 atom stereocenters. The monoisotopic (exact) mass is 269 g/mol. The Morgan fingerprint density at radius 2 is 1.79 bits per heavy atom. The van der Waals surface area contributed by atoms with Gasteiger partial charge in [0.25, 0.3) is 0 Å². The van der Waals surface area contributed by atoms with Crippen molar-refractivity contribution in [2.24, 2.45) is 5.10 Å². The minimum Gasteiger partial charge on any atom is -0.346 e. The van der Waals surface area contributed by atoms with Crippen molar-refractivity contribution in [3.8, 4) is 0 Å². The van der Waals surface area contributed by atoms with Crippen molar-refractivity contribution in [2.45, 2.75) is 19.9 Å². The summed E-state index contributed by atoms with van der Waals surface area (Å²) in [5.41, 5.74) is 1.48. The van der Waals surface area contributed by atoms with Crippen LogP contribution in [0.1, 0.15) is 19.4 Å². The number of nitrogens with zero attached hydrogens (tertiary/aromatic N) is 1. The first kappa shape index (κ1) is 14.7. The molecule has 19 heavy (non-hydrogen) atoms. The standard InChI is InChI=1S/C12H13F2N3O2/c1-7(2)16-11(18)12(19)17-15-6-8-9(13)4-3-5-10(8)14/h3-7H,1-2H3,(H,16,18)(H,17,19)/b15-6-. The fourth-order valence-electron chi connectivity index (χ4n) is 1.17. The van der Waals surface area contributed by atoms with Gasteiger partial charge in [-0.15, -0.1) is 0 Å². The lowest BCUT2D eigenvalue weighted by atomic mass is 10.2. The molecule has 0 spiro atoms. The van der Waals surface area contributed by atoms with E-state index in [-0.39, 0.29) is 6.04 Å². The maximum absolute atomic E-state index is 13.2. The van der Waals surface area contributed by atoms with Crippen LogP contribution >= 0.6 is 0 Å². The third-order valence-corrected chi connectivity index (χ3v) is 1.99. The molecule has 1 rings (SSSR count). The third kappa shape index (κ3) is 4.46. The smallest absolute Gasteiger partial charge is 0.329 e. The number of hydrogen-bond donors (Lipinski definition) is 2. The van der Waals surface area contributed by atoms with E-state index in [4.69, 9.17) is 0 Å². The molecular formula is C12H13F2N3O2. The predicted molar refractivity (Wildman–Crippen MR) is 65.4 cm³/mol. The molecule has 0 aliphatic carbocycles. The zero-order valence-electron chi connectivity index (χ0n) is 10.4. The first-order valence-electron chi connectivity index (χ1n) is 5.49. The number of nitrogens with one attached hydrogen (secondary N) is 2. The van der Waals surface area contributed by atoms with Crippen LogP contribution in [-0.4, -0.2) is 24.1 Å². The van der Waals surface area contributed by atoms with Crippen LogP contribution < -0.4 is 10.7 Å². The minimum absolute atomic E-state index is 0.203. The summed E-state index contributed by atoms with van der Waals surface area (Å²) in [6.07, 6.45) is 0.797. The van der Waals surface area contributed by atoms with E-state index in [9.17, 15) is 18.4 Å². The highest BCUT2D eigenvalue weighted by molar-refractivity contribution is 6.35. The Hall–Kier alpha value is -2.31. The van der Waals surface area contributed by atoms with Crippen LogP contribution in [0.15, 0.2) is 23.3 Å². The summed E-state index contributed by atoms with van der Waals surface area (Å²) in [5, 5.41) is 5.67. The molecule has 0 fully saturated rings. The number of rotatable bonds is 3. The second-order valence-electron chi connectivity index (χ2n) is 3.96. The Morgan fingerprint density at radius 3 is 2.32 bits per heavy atom. The molecule has 0 aliphatic heterocycles. The van der Waals surface area contributed by atoms with Gasteiger partial charge in [0.2, 0.25) is 0 Å². The lowest BCUT2D eigenvalue weighted by Crippen LogP contribution is -2.41. The Balaban J connectivity index is 2.64. The van der Waals surface area contributed by atoms with E-state index in [1.807, 2.05) is 5.43 Å². The van der Waals surface area contributed by atoms with Crippen molar-refractivity contribution in [1.82, 2.24) is 10.7 Å². The number of hydrazone groups is 1. The summed E-state index contributed by atoms with van der Waals surface area (Å²) in [5.74, 6) is -3.52. The second-order valence-corrected chi connectivity index (χ2v) is 3.96. The van der Waals surface area contributed by atoms with Crippen LogP contribution in [0.3, 0.4) is 0 Å². The fourth-order valence-corrected chi connectivity index (χ4v) is 1.17. The Bertz CT molecular complexity index is 495. The number of benzene rings is 1. The zero-order valence-corrected chi connectivity index (χ0v) is 10.4. The molecular weight excluding hydrogens is 256 g/mol. The number of hydrogen-bond acceptors (Lipinski definition) is 3. The average molecular weight is 269 g/mol. The van der Waals surface area contributed by atoms with Gasteiger partial charge in [0.1, 0.15) is 11.6 Å². The van der Waals surface area contributed by atoms with Gasteiger partial charge < -0.3 is 5.32 Å². The van der Waals surface area contributed by atoms with Crippen LogP contribution in [0.4, 0.5) is 8.78 Å². The third-order valence-electron chi connectivity index (χ3n) is 1.99. The molecule has 0 aliphatic rings. The van der Waals surface area contributed by atoms with Crippen molar-refractivity contribution >= 4 is 18.0 Å². The van der Waals surface area contributed by atoms with Crippen molar-refractivity contribution < 1.29 is 18.4 Å². The predicted octanol–water partition coefficient (Wildman–Crippen LogP) is 0.939. The molecule has 0 saturated carbocycles. The van der Waals surface area contributed by atoms with E-state index in [2.05, 4.69) is 10.4 Å². The number of carbonyl (C=O) groups is 2. The lowest BCUT2D eigenvalue weighted by Gasteiger charge is -2.06. The van der Waals surface area contributed by atoms with Gasteiger partial charge in [-0.2, -0.15) is 5.10 Å². The number of carbonyl (C=O) groups excluding carboxylic acids is 2. The Morgan fingerprint density at radius 1 is 1.21 bits per heavy atom. The highest BCUT2D eigenvalue weighted by atomic mass is 19.1. The van der Waals surface area contributed by atoms with E-state index in [0.717, 1.165) is 18.3 Å². The molecule has 0 saturated heterocycles. The summed E-state index contributed by atoms with van der Waals surface area (Å²) in [6.45, 7) is 3.37. The largest absolute Gasteiger partial charge is 0.346 e. The van der Waals surface area contributed by atoms with E-state index in [1.165, 1.54) is 6.07 Å². The van der Waals surface area contributed by atoms with Gasteiger partial charge in [0.15, 0.2) is 0 Å². The van der Waals surface area contributed by atoms with Crippen molar-refractivity contribution in [1.29, 1.82) is 0 Å². The van der Waals surface area contributed by atoms with Gasteiger partial charge in [-0.3, -0.25) is 9.59 Å². The van der Waals surface area contributed by atoms with Crippen LogP contribution in [0.5, 0.6) is 0 Å². The molecule has 2 amide bonds. The molecule has 0 bridgehead atoms. The van der Waals surface area contributed by atoms with Gasteiger partial charge in [-0.05, 0) is 26.0 Å².